The highest BCUT2D eigenvalue weighted by Crippen LogP contribution is 2.16. The molecule has 0 atom stereocenters. The maximum Gasteiger partial charge on any atom is 0.0539 e. The van der Waals surface area contributed by atoms with Gasteiger partial charge in [0.1, 0.15) is 0 Å². The molecule has 1 N–H and O–H groups in total. The fraction of sp³-hybridized carbons (Fsp3) is 0.400. The van der Waals surface area contributed by atoms with Crippen LogP contribution in [0.15, 0.2) is 36.7 Å². The van der Waals surface area contributed by atoms with Crippen molar-refractivity contribution in [2.75, 3.05) is 19.0 Å². The molecule has 2 rings (SSSR count). The zero-order valence-electron chi connectivity index (χ0n) is 11.6. The van der Waals surface area contributed by atoms with Gasteiger partial charge in [-0.05, 0) is 25.0 Å². The van der Waals surface area contributed by atoms with E-state index in [9.17, 15) is 0 Å². The van der Waals surface area contributed by atoms with Crippen LogP contribution in [0.5, 0.6) is 0 Å². The fourth-order valence-electron chi connectivity index (χ4n) is 1.99. The van der Waals surface area contributed by atoms with Crippen LogP contribution in [0.3, 0.4) is 0 Å². The highest BCUT2D eigenvalue weighted by atomic mass is 16.5. The van der Waals surface area contributed by atoms with Gasteiger partial charge in [0.05, 0.1) is 12.8 Å². The van der Waals surface area contributed by atoms with Gasteiger partial charge in [0.25, 0.3) is 0 Å². The number of para-hydroxylation sites is 1. The van der Waals surface area contributed by atoms with Crippen molar-refractivity contribution in [3.63, 3.8) is 0 Å². The van der Waals surface area contributed by atoms with Crippen LogP contribution in [0.1, 0.15) is 18.1 Å². The highest BCUT2D eigenvalue weighted by Gasteiger charge is 2.02. The Morgan fingerprint density at radius 2 is 2.16 bits per heavy atom. The van der Waals surface area contributed by atoms with Crippen molar-refractivity contribution in [3.05, 3.63) is 47.8 Å². The Morgan fingerprint density at radius 3 is 2.89 bits per heavy atom. The first-order valence-corrected chi connectivity index (χ1v) is 6.65. The van der Waals surface area contributed by atoms with Gasteiger partial charge in [0.2, 0.25) is 0 Å². The number of aromatic nitrogens is 2. The number of aryl methyl sites for hydroxylation is 1. The number of rotatable bonds is 7. The van der Waals surface area contributed by atoms with E-state index in [1.807, 2.05) is 16.9 Å². The first kappa shape index (κ1) is 13.6. The molecule has 1 heterocycles. The summed E-state index contributed by atoms with van der Waals surface area (Å²) in [5.74, 6) is 0. The quantitative estimate of drug-likeness (QED) is 0.831. The zero-order valence-corrected chi connectivity index (χ0v) is 11.6. The molecule has 0 unspecified atom stereocenters. The molecule has 0 fully saturated rings. The summed E-state index contributed by atoms with van der Waals surface area (Å²) < 4.78 is 7.08. The Labute approximate surface area is 114 Å². The van der Waals surface area contributed by atoms with Crippen LogP contribution in [0.25, 0.3) is 0 Å². The standard InChI is InChI=1S/C15H21N3O/c1-3-18-12-13(11-17-18)10-16-15-7-5-4-6-14(15)8-9-19-2/h4-7,11-12,16H,3,8-10H2,1-2H3. The van der Waals surface area contributed by atoms with E-state index in [0.29, 0.717) is 0 Å². The molecule has 0 saturated heterocycles. The van der Waals surface area contributed by atoms with Crippen molar-refractivity contribution >= 4 is 5.69 Å². The zero-order chi connectivity index (χ0) is 13.5. The van der Waals surface area contributed by atoms with E-state index in [1.165, 1.54) is 16.8 Å². The monoisotopic (exact) mass is 259 g/mol. The van der Waals surface area contributed by atoms with Crippen LogP contribution in [-0.2, 0) is 24.2 Å². The maximum atomic E-state index is 5.14. The molecule has 0 amide bonds. The van der Waals surface area contributed by atoms with Gasteiger partial charge < -0.3 is 10.1 Å². The first-order valence-electron chi connectivity index (χ1n) is 6.65. The van der Waals surface area contributed by atoms with Gasteiger partial charge in [-0.3, -0.25) is 4.68 Å². The first-order chi connectivity index (χ1) is 9.33. The van der Waals surface area contributed by atoms with Crippen molar-refractivity contribution in [1.29, 1.82) is 0 Å². The molecule has 0 radical (unpaired) electrons. The summed E-state index contributed by atoms with van der Waals surface area (Å²) in [6.07, 6.45) is 4.91. The van der Waals surface area contributed by atoms with E-state index >= 15 is 0 Å². The number of methoxy groups -OCH3 is 1. The molecule has 4 nitrogen and oxygen atoms in total. The topological polar surface area (TPSA) is 39.1 Å². The lowest BCUT2D eigenvalue weighted by Gasteiger charge is -2.11. The molecule has 0 aliphatic heterocycles. The molecule has 1 aromatic carbocycles. The number of hydrogen-bond acceptors (Lipinski definition) is 3. The fourth-order valence-corrected chi connectivity index (χ4v) is 1.99. The Balaban J connectivity index is 1.98. The second-order valence-corrected chi connectivity index (χ2v) is 4.46. The van der Waals surface area contributed by atoms with Gasteiger partial charge in [-0.15, -0.1) is 0 Å². The normalized spacial score (nSPS) is 10.6. The summed E-state index contributed by atoms with van der Waals surface area (Å²) in [4.78, 5) is 0. The Hall–Kier alpha value is -1.81. The van der Waals surface area contributed by atoms with Crippen LogP contribution in [0.2, 0.25) is 0 Å². The van der Waals surface area contributed by atoms with E-state index < -0.39 is 0 Å². The van der Waals surface area contributed by atoms with Gasteiger partial charge in [0, 0.05) is 37.6 Å². The minimum atomic E-state index is 0.743. The third-order valence-electron chi connectivity index (χ3n) is 3.09. The SMILES string of the molecule is CCn1cc(CNc2ccccc2CCOC)cn1. The number of ether oxygens (including phenoxy) is 1. The average Bonchev–Trinajstić information content (AvgIpc) is 2.91. The maximum absolute atomic E-state index is 5.14. The Bertz CT molecular complexity index is 508. The molecule has 0 saturated carbocycles. The third kappa shape index (κ3) is 3.83. The van der Waals surface area contributed by atoms with Gasteiger partial charge in [-0.1, -0.05) is 18.2 Å². The lowest BCUT2D eigenvalue weighted by molar-refractivity contribution is 0.202. The predicted octanol–water partition coefficient (Wildman–Crippen LogP) is 2.70. The summed E-state index contributed by atoms with van der Waals surface area (Å²) in [5, 5.41) is 7.74. The number of benzene rings is 1. The molecule has 102 valence electrons. The average molecular weight is 259 g/mol. The molecule has 0 aliphatic carbocycles. The molecule has 0 bridgehead atoms. The van der Waals surface area contributed by atoms with Crippen LogP contribution in [-0.4, -0.2) is 23.5 Å². The third-order valence-corrected chi connectivity index (χ3v) is 3.09. The second-order valence-electron chi connectivity index (χ2n) is 4.46. The number of anilines is 1. The summed E-state index contributed by atoms with van der Waals surface area (Å²) >= 11 is 0. The predicted molar refractivity (Wildman–Crippen MR) is 77.2 cm³/mol. The largest absolute Gasteiger partial charge is 0.384 e. The molecular formula is C15H21N3O. The van der Waals surface area contributed by atoms with Crippen molar-refractivity contribution in [3.8, 4) is 0 Å². The smallest absolute Gasteiger partial charge is 0.0539 e. The van der Waals surface area contributed by atoms with E-state index in [4.69, 9.17) is 4.74 Å². The molecule has 1 aromatic heterocycles. The molecule has 2 aromatic rings. The van der Waals surface area contributed by atoms with Crippen LogP contribution < -0.4 is 5.32 Å². The summed E-state index contributed by atoms with van der Waals surface area (Å²) in [5.41, 5.74) is 3.65. The summed E-state index contributed by atoms with van der Waals surface area (Å²) in [6, 6.07) is 8.35. The molecule has 19 heavy (non-hydrogen) atoms. The summed E-state index contributed by atoms with van der Waals surface area (Å²) in [6.45, 7) is 4.53. The van der Waals surface area contributed by atoms with Gasteiger partial charge >= 0.3 is 0 Å². The van der Waals surface area contributed by atoms with E-state index in [2.05, 4.69) is 41.7 Å². The summed E-state index contributed by atoms with van der Waals surface area (Å²) in [7, 11) is 1.73. The van der Waals surface area contributed by atoms with Crippen molar-refractivity contribution in [2.24, 2.45) is 0 Å². The molecule has 4 heteroatoms. The minimum absolute atomic E-state index is 0.743. The van der Waals surface area contributed by atoms with Crippen LogP contribution in [0.4, 0.5) is 5.69 Å². The molecular weight excluding hydrogens is 238 g/mol. The van der Waals surface area contributed by atoms with Gasteiger partial charge in [-0.2, -0.15) is 5.10 Å². The lowest BCUT2D eigenvalue weighted by atomic mass is 10.1. The van der Waals surface area contributed by atoms with E-state index in [-0.39, 0.29) is 0 Å². The molecule has 0 aliphatic rings. The molecule has 0 spiro atoms. The van der Waals surface area contributed by atoms with E-state index in [0.717, 1.165) is 26.1 Å². The van der Waals surface area contributed by atoms with Crippen LogP contribution in [0, 0.1) is 0 Å². The Kier molecular flexibility index (Phi) is 4.98. The minimum Gasteiger partial charge on any atom is -0.384 e. The second kappa shape index (κ2) is 6.95. The number of nitrogens with zero attached hydrogens (tertiary/aromatic N) is 2. The highest BCUT2D eigenvalue weighted by molar-refractivity contribution is 5.51. The Morgan fingerprint density at radius 1 is 1.32 bits per heavy atom. The van der Waals surface area contributed by atoms with E-state index in [1.54, 1.807) is 7.11 Å². The number of nitrogens with one attached hydrogen (secondary N) is 1. The number of hydrogen-bond donors (Lipinski definition) is 1. The van der Waals surface area contributed by atoms with Crippen LogP contribution >= 0.6 is 0 Å². The van der Waals surface area contributed by atoms with Crippen molar-refractivity contribution < 1.29 is 4.74 Å². The van der Waals surface area contributed by atoms with Gasteiger partial charge in [-0.25, -0.2) is 0 Å². The van der Waals surface area contributed by atoms with Crippen molar-refractivity contribution in [1.82, 2.24) is 9.78 Å². The van der Waals surface area contributed by atoms with Gasteiger partial charge in [0.15, 0.2) is 0 Å². The van der Waals surface area contributed by atoms with Crippen molar-refractivity contribution in [2.45, 2.75) is 26.4 Å². The lowest BCUT2D eigenvalue weighted by Crippen LogP contribution is -2.04.